The zero-order valence-electron chi connectivity index (χ0n) is 13.1. The minimum atomic E-state index is -1.40. The average Bonchev–Trinajstić information content (AvgIpc) is 2.42. The second-order valence-corrected chi connectivity index (χ2v) is 6.08. The number of benzene rings is 1. The van der Waals surface area contributed by atoms with Crippen LogP contribution in [0.1, 0.15) is 32.8 Å². The van der Waals surface area contributed by atoms with Gasteiger partial charge in [0.05, 0.1) is 0 Å². The van der Waals surface area contributed by atoms with E-state index in [0.717, 1.165) is 0 Å². The van der Waals surface area contributed by atoms with E-state index in [9.17, 15) is 19.8 Å². The number of hydrogen-bond donors (Lipinski definition) is 3. The second kappa shape index (κ2) is 7.26. The van der Waals surface area contributed by atoms with Gasteiger partial charge in [0, 0.05) is 13.2 Å². The fraction of sp³-hybridized carbons (Fsp3) is 0.500. The Kier molecular flexibility index (Phi) is 5.93. The molecule has 3 N–H and O–H groups in total. The summed E-state index contributed by atoms with van der Waals surface area (Å²) in [5, 5.41) is 21.4. The number of carboxylic acid groups (broad SMARTS) is 1. The molecule has 0 aliphatic rings. The number of alkyl carbamates (subject to hydrolysis) is 1. The SMILES string of the molecule is CC(C)(C)OC(=O)NCC(CCO)(C(=O)O)c1ccccc1. The van der Waals surface area contributed by atoms with Gasteiger partial charge in [0.1, 0.15) is 11.0 Å². The fourth-order valence-electron chi connectivity index (χ4n) is 2.13. The van der Waals surface area contributed by atoms with E-state index in [0.29, 0.717) is 5.56 Å². The van der Waals surface area contributed by atoms with Crippen LogP contribution in [0.2, 0.25) is 0 Å². The maximum atomic E-state index is 11.8. The normalized spacial score (nSPS) is 14.0. The van der Waals surface area contributed by atoms with Gasteiger partial charge in [-0.05, 0) is 32.8 Å². The number of carbonyl (C=O) groups excluding carboxylic acids is 1. The van der Waals surface area contributed by atoms with E-state index in [2.05, 4.69) is 5.32 Å². The predicted octanol–water partition coefficient (Wildman–Crippen LogP) is 1.92. The molecule has 1 unspecified atom stereocenters. The third-order valence-electron chi connectivity index (χ3n) is 3.21. The Balaban J connectivity index is 2.97. The maximum Gasteiger partial charge on any atom is 0.407 e. The molecule has 6 nitrogen and oxygen atoms in total. The molecule has 0 radical (unpaired) electrons. The smallest absolute Gasteiger partial charge is 0.407 e. The molecule has 0 saturated heterocycles. The minimum absolute atomic E-state index is 0.0118. The molecule has 0 aliphatic heterocycles. The van der Waals surface area contributed by atoms with Crippen molar-refractivity contribution in [3.8, 4) is 0 Å². The van der Waals surface area contributed by atoms with Crippen molar-refractivity contribution in [2.75, 3.05) is 13.2 Å². The van der Waals surface area contributed by atoms with E-state index in [1.54, 1.807) is 51.1 Å². The summed E-state index contributed by atoms with van der Waals surface area (Å²) < 4.78 is 5.12. The van der Waals surface area contributed by atoms with E-state index >= 15 is 0 Å². The zero-order valence-corrected chi connectivity index (χ0v) is 13.1. The zero-order chi connectivity index (χ0) is 16.8. The van der Waals surface area contributed by atoms with Crippen LogP contribution in [0.3, 0.4) is 0 Å². The highest BCUT2D eigenvalue weighted by Crippen LogP contribution is 2.28. The Morgan fingerprint density at radius 1 is 1.18 bits per heavy atom. The van der Waals surface area contributed by atoms with Crippen molar-refractivity contribution in [1.82, 2.24) is 5.32 Å². The number of aliphatic carboxylic acids is 1. The molecule has 1 aromatic rings. The van der Waals surface area contributed by atoms with Crippen molar-refractivity contribution >= 4 is 12.1 Å². The van der Waals surface area contributed by atoms with Crippen molar-refractivity contribution in [3.63, 3.8) is 0 Å². The molecule has 1 amide bonds. The third kappa shape index (κ3) is 4.73. The van der Waals surface area contributed by atoms with Gasteiger partial charge in [-0.25, -0.2) is 4.79 Å². The summed E-state index contributed by atoms with van der Waals surface area (Å²) in [5.41, 5.74) is -1.54. The molecule has 0 heterocycles. The molecular formula is C16H23NO5. The molecule has 0 fully saturated rings. The number of rotatable bonds is 6. The van der Waals surface area contributed by atoms with Gasteiger partial charge >= 0.3 is 12.1 Å². The van der Waals surface area contributed by atoms with Crippen LogP contribution in [0.15, 0.2) is 30.3 Å². The Morgan fingerprint density at radius 3 is 2.23 bits per heavy atom. The van der Waals surface area contributed by atoms with E-state index in [1.807, 2.05) is 0 Å². The molecule has 0 spiro atoms. The summed E-state index contributed by atoms with van der Waals surface area (Å²) in [4.78, 5) is 23.6. The summed E-state index contributed by atoms with van der Waals surface area (Å²) >= 11 is 0. The van der Waals surface area contributed by atoms with Gasteiger partial charge in [-0.3, -0.25) is 4.79 Å². The Labute approximate surface area is 130 Å². The van der Waals surface area contributed by atoms with Crippen LogP contribution in [0, 0.1) is 0 Å². The van der Waals surface area contributed by atoms with Gasteiger partial charge < -0.3 is 20.3 Å². The topological polar surface area (TPSA) is 95.9 Å². The number of hydrogen-bond acceptors (Lipinski definition) is 4. The molecule has 122 valence electrons. The predicted molar refractivity (Wildman–Crippen MR) is 81.7 cm³/mol. The van der Waals surface area contributed by atoms with Gasteiger partial charge in [0.2, 0.25) is 0 Å². The van der Waals surface area contributed by atoms with Gasteiger partial charge in [-0.15, -0.1) is 0 Å². The van der Waals surface area contributed by atoms with Crippen LogP contribution in [0.4, 0.5) is 4.79 Å². The highest BCUT2D eigenvalue weighted by atomic mass is 16.6. The minimum Gasteiger partial charge on any atom is -0.481 e. The second-order valence-electron chi connectivity index (χ2n) is 6.08. The average molecular weight is 309 g/mol. The molecule has 1 atom stereocenters. The first-order chi connectivity index (χ1) is 10.2. The Bertz CT molecular complexity index is 509. The van der Waals surface area contributed by atoms with E-state index in [-0.39, 0.29) is 19.6 Å². The number of carboxylic acids is 1. The van der Waals surface area contributed by atoms with Crippen LogP contribution in [-0.2, 0) is 14.9 Å². The number of aliphatic hydroxyl groups excluding tert-OH is 1. The lowest BCUT2D eigenvalue weighted by atomic mass is 9.77. The molecule has 0 bridgehead atoms. The summed E-state index contributed by atoms with van der Waals surface area (Å²) in [7, 11) is 0. The summed E-state index contributed by atoms with van der Waals surface area (Å²) in [6.45, 7) is 4.70. The molecule has 0 aromatic heterocycles. The van der Waals surface area contributed by atoms with Gasteiger partial charge in [-0.2, -0.15) is 0 Å². The van der Waals surface area contributed by atoms with E-state index in [4.69, 9.17) is 4.74 Å². The van der Waals surface area contributed by atoms with Crippen LogP contribution in [0.25, 0.3) is 0 Å². The Hall–Kier alpha value is -2.08. The van der Waals surface area contributed by atoms with Crippen molar-refractivity contribution in [2.24, 2.45) is 0 Å². The van der Waals surface area contributed by atoms with Crippen molar-refractivity contribution in [2.45, 2.75) is 38.2 Å². The molecule has 1 rings (SSSR count). The van der Waals surface area contributed by atoms with E-state index < -0.39 is 23.1 Å². The summed E-state index contributed by atoms with van der Waals surface area (Å²) in [6.07, 6.45) is -0.700. The van der Waals surface area contributed by atoms with Crippen molar-refractivity contribution < 1.29 is 24.5 Å². The summed E-state index contributed by atoms with van der Waals surface area (Å²) in [6, 6.07) is 8.55. The van der Waals surface area contributed by atoms with Crippen LogP contribution < -0.4 is 5.32 Å². The highest BCUT2D eigenvalue weighted by Gasteiger charge is 2.40. The van der Waals surface area contributed by atoms with Gasteiger partial charge in [-0.1, -0.05) is 30.3 Å². The van der Waals surface area contributed by atoms with Crippen molar-refractivity contribution in [3.05, 3.63) is 35.9 Å². The fourth-order valence-corrected chi connectivity index (χ4v) is 2.13. The molecule has 6 heteroatoms. The Morgan fingerprint density at radius 2 is 1.77 bits per heavy atom. The number of amides is 1. The third-order valence-corrected chi connectivity index (χ3v) is 3.21. The maximum absolute atomic E-state index is 11.8. The largest absolute Gasteiger partial charge is 0.481 e. The number of ether oxygens (including phenoxy) is 1. The first-order valence-corrected chi connectivity index (χ1v) is 7.08. The molecule has 1 aromatic carbocycles. The van der Waals surface area contributed by atoms with Crippen LogP contribution >= 0.6 is 0 Å². The summed E-state index contributed by atoms with van der Waals surface area (Å²) in [5.74, 6) is -1.11. The monoisotopic (exact) mass is 309 g/mol. The number of carbonyl (C=O) groups is 2. The first kappa shape index (κ1) is 18.0. The first-order valence-electron chi connectivity index (χ1n) is 7.08. The number of nitrogens with one attached hydrogen (secondary N) is 1. The lowest BCUT2D eigenvalue weighted by Gasteiger charge is -2.30. The van der Waals surface area contributed by atoms with Gasteiger partial charge in [0.25, 0.3) is 0 Å². The highest BCUT2D eigenvalue weighted by molar-refractivity contribution is 5.82. The lowest BCUT2D eigenvalue weighted by Crippen LogP contribution is -2.48. The van der Waals surface area contributed by atoms with E-state index in [1.165, 1.54) is 0 Å². The quantitative estimate of drug-likeness (QED) is 0.746. The molecule has 0 saturated carbocycles. The standard InChI is InChI=1S/C16H23NO5/c1-15(2,3)22-14(21)17-11-16(9-10-18,13(19)20)12-7-5-4-6-8-12/h4-8,18H,9-11H2,1-3H3,(H,17,21)(H,19,20). The van der Waals surface area contributed by atoms with Crippen LogP contribution in [-0.4, -0.2) is 41.0 Å². The number of aliphatic hydroxyl groups is 1. The molecule has 22 heavy (non-hydrogen) atoms. The molecule has 0 aliphatic carbocycles. The van der Waals surface area contributed by atoms with Gasteiger partial charge in [0.15, 0.2) is 0 Å². The lowest BCUT2D eigenvalue weighted by molar-refractivity contribution is -0.144. The van der Waals surface area contributed by atoms with Crippen LogP contribution in [0.5, 0.6) is 0 Å². The molecular weight excluding hydrogens is 286 g/mol. The van der Waals surface area contributed by atoms with Crippen molar-refractivity contribution in [1.29, 1.82) is 0 Å².